The Morgan fingerprint density at radius 2 is 2.04 bits per heavy atom. The van der Waals surface area contributed by atoms with Gasteiger partial charge in [0, 0.05) is 37.1 Å². The van der Waals surface area contributed by atoms with E-state index in [1.165, 1.54) is 12.8 Å². The van der Waals surface area contributed by atoms with Crippen LogP contribution in [0.5, 0.6) is 0 Å². The number of nitrogens with one attached hydrogen (secondary N) is 2. The molecule has 2 aromatic rings. The summed E-state index contributed by atoms with van der Waals surface area (Å²) in [6, 6.07) is 7.40. The lowest BCUT2D eigenvalue weighted by Crippen LogP contribution is -2.38. The Bertz CT molecular complexity index is 662. The van der Waals surface area contributed by atoms with Crippen molar-refractivity contribution >= 4 is 41.5 Å². The second kappa shape index (κ2) is 12.1. The summed E-state index contributed by atoms with van der Waals surface area (Å²) in [5.74, 6) is 1.93. The molecule has 2 rings (SSSR count). The molecule has 0 bridgehead atoms. The summed E-state index contributed by atoms with van der Waals surface area (Å²) < 4.78 is 5.28. The van der Waals surface area contributed by atoms with Crippen LogP contribution in [0.1, 0.15) is 32.1 Å². The molecule has 0 saturated carbocycles. The van der Waals surface area contributed by atoms with E-state index in [1.807, 2.05) is 24.3 Å². The van der Waals surface area contributed by atoms with Crippen LogP contribution in [-0.2, 0) is 6.42 Å². The fraction of sp³-hybridized carbons (Fsp3) is 0.471. The molecule has 138 valence electrons. The van der Waals surface area contributed by atoms with E-state index < -0.39 is 0 Å². The third kappa shape index (κ3) is 7.60. The second-order valence-corrected chi connectivity index (χ2v) is 5.84. The molecule has 0 radical (unpaired) electrons. The Morgan fingerprint density at radius 3 is 2.76 bits per heavy atom. The average molecular weight is 478 g/mol. The van der Waals surface area contributed by atoms with E-state index in [2.05, 4.69) is 32.7 Å². The molecule has 8 heteroatoms. The Morgan fingerprint density at radius 1 is 1.24 bits per heavy atom. The van der Waals surface area contributed by atoms with E-state index in [4.69, 9.17) is 16.1 Å². The smallest absolute Gasteiger partial charge is 0.228 e. The molecule has 0 atom stereocenters. The average Bonchev–Trinajstić information content (AvgIpc) is 3.06. The molecule has 1 aromatic heterocycles. The van der Waals surface area contributed by atoms with Crippen LogP contribution in [0.25, 0.3) is 11.4 Å². The zero-order chi connectivity index (χ0) is 17.2. The maximum Gasteiger partial charge on any atom is 0.228 e. The molecule has 0 aliphatic heterocycles. The van der Waals surface area contributed by atoms with Gasteiger partial charge in [-0.15, -0.1) is 24.0 Å². The molecule has 0 aliphatic carbocycles. The zero-order valence-corrected chi connectivity index (χ0v) is 17.7. The van der Waals surface area contributed by atoms with Crippen LogP contribution in [0.4, 0.5) is 0 Å². The Kier molecular flexibility index (Phi) is 10.5. The summed E-state index contributed by atoms with van der Waals surface area (Å²) in [4.78, 5) is 8.59. The SMILES string of the molecule is CCCCCNC(=NC)NCCc1nc(-c2cccc(Cl)c2)no1.I. The third-order valence-corrected chi connectivity index (χ3v) is 3.71. The van der Waals surface area contributed by atoms with E-state index in [1.54, 1.807) is 7.05 Å². The van der Waals surface area contributed by atoms with Crippen LogP contribution in [0, 0.1) is 0 Å². The van der Waals surface area contributed by atoms with Crippen molar-refractivity contribution in [3.8, 4) is 11.4 Å². The quantitative estimate of drug-likeness (QED) is 0.261. The number of unbranched alkanes of at least 4 members (excludes halogenated alkanes) is 2. The van der Waals surface area contributed by atoms with Gasteiger partial charge in [-0.1, -0.05) is 48.7 Å². The number of rotatable bonds is 8. The highest BCUT2D eigenvalue weighted by atomic mass is 127. The van der Waals surface area contributed by atoms with Crippen molar-refractivity contribution in [2.75, 3.05) is 20.1 Å². The highest BCUT2D eigenvalue weighted by Crippen LogP contribution is 2.19. The van der Waals surface area contributed by atoms with Gasteiger partial charge in [0.2, 0.25) is 11.7 Å². The molecule has 0 fully saturated rings. The molecular weight excluding hydrogens is 453 g/mol. The summed E-state index contributed by atoms with van der Waals surface area (Å²) in [7, 11) is 1.76. The van der Waals surface area contributed by atoms with Crippen LogP contribution < -0.4 is 10.6 Å². The van der Waals surface area contributed by atoms with E-state index in [-0.39, 0.29) is 24.0 Å². The first-order chi connectivity index (χ1) is 11.7. The summed E-state index contributed by atoms with van der Waals surface area (Å²) >= 11 is 5.98. The van der Waals surface area contributed by atoms with Gasteiger partial charge < -0.3 is 15.2 Å². The monoisotopic (exact) mass is 477 g/mol. The molecular formula is C17H25ClIN5O. The van der Waals surface area contributed by atoms with Gasteiger partial charge in [-0.25, -0.2) is 0 Å². The lowest BCUT2D eigenvalue weighted by Gasteiger charge is -2.10. The van der Waals surface area contributed by atoms with Crippen LogP contribution in [0.15, 0.2) is 33.8 Å². The van der Waals surface area contributed by atoms with Gasteiger partial charge in [0.1, 0.15) is 0 Å². The Balaban J connectivity index is 0.00000312. The Hall–Kier alpha value is -1.35. The predicted octanol–water partition coefficient (Wildman–Crippen LogP) is 3.91. The lowest BCUT2D eigenvalue weighted by molar-refractivity contribution is 0.378. The van der Waals surface area contributed by atoms with Gasteiger partial charge in [-0.2, -0.15) is 4.98 Å². The fourth-order valence-electron chi connectivity index (χ4n) is 2.19. The summed E-state index contributed by atoms with van der Waals surface area (Å²) in [5, 5.41) is 11.2. The molecule has 0 unspecified atom stereocenters. The molecule has 0 spiro atoms. The molecule has 0 aliphatic rings. The third-order valence-electron chi connectivity index (χ3n) is 3.48. The van der Waals surface area contributed by atoms with E-state index in [9.17, 15) is 0 Å². The van der Waals surface area contributed by atoms with Crippen molar-refractivity contribution in [3.05, 3.63) is 35.2 Å². The number of guanidine groups is 1. The van der Waals surface area contributed by atoms with E-state index in [0.29, 0.717) is 29.7 Å². The molecule has 2 N–H and O–H groups in total. The molecule has 1 heterocycles. The van der Waals surface area contributed by atoms with Gasteiger partial charge in [0.15, 0.2) is 5.96 Å². The topological polar surface area (TPSA) is 75.3 Å². The van der Waals surface area contributed by atoms with Crippen LogP contribution in [-0.4, -0.2) is 36.2 Å². The van der Waals surface area contributed by atoms with Crippen LogP contribution >= 0.6 is 35.6 Å². The number of aromatic nitrogens is 2. The van der Waals surface area contributed by atoms with Crippen molar-refractivity contribution in [2.45, 2.75) is 32.6 Å². The summed E-state index contributed by atoms with van der Waals surface area (Å²) in [6.45, 7) is 3.78. The number of hydrogen-bond donors (Lipinski definition) is 2. The lowest BCUT2D eigenvalue weighted by atomic mass is 10.2. The second-order valence-electron chi connectivity index (χ2n) is 5.40. The molecule has 0 amide bonds. The van der Waals surface area contributed by atoms with Crippen LogP contribution in [0.2, 0.25) is 5.02 Å². The minimum atomic E-state index is 0. The van der Waals surface area contributed by atoms with Crippen molar-refractivity contribution in [3.63, 3.8) is 0 Å². The normalized spacial score (nSPS) is 11.1. The Labute approximate surface area is 170 Å². The maximum atomic E-state index is 5.98. The first-order valence-electron chi connectivity index (χ1n) is 8.26. The van der Waals surface area contributed by atoms with Crippen molar-refractivity contribution in [2.24, 2.45) is 4.99 Å². The molecule has 0 saturated heterocycles. The molecule has 6 nitrogen and oxygen atoms in total. The predicted molar refractivity (Wildman–Crippen MR) is 113 cm³/mol. The number of aliphatic imine (C=N–C) groups is 1. The van der Waals surface area contributed by atoms with Gasteiger partial charge in [0.05, 0.1) is 0 Å². The number of nitrogens with zero attached hydrogens (tertiary/aromatic N) is 3. The highest BCUT2D eigenvalue weighted by Gasteiger charge is 2.09. The van der Waals surface area contributed by atoms with Crippen LogP contribution in [0.3, 0.4) is 0 Å². The number of hydrogen-bond acceptors (Lipinski definition) is 4. The number of benzene rings is 1. The summed E-state index contributed by atoms with van der Waals surface area (Å²) in [6.07, 6.45) is 4.20. The minimum absolute atomic E-state index is 0. The standard InChI is InChI=1S/C17H24ClN5O.HI/c1-3-4-5-10-20-17(19-2)21-11-9-15-22-16(23-24-15)13-7-6-8-14(18)12-13;/h6-8,12H,3-5,9-11H2,1-2H3,(H2,19,20,21);1H. The molecule has 25 heavy (non-hydrogen) atoms. The van der Waals surface area contributed by atoms with E-state index in [0.717, 1.165) is 24.5 Å². The highest BCUT2D eigenvalue weighted by molar-refractivity contribution is 14.0. The largest absolute Gasteiger partial charge is 0.356 e. The minimum Gasteiger partial charge on any atom is -0.356 e. The zero-order valence-electron chi connectivity index (χ0n) is 14.6. The maximum absolute atomic E-state index is 5.98. The number of halogens is 2. The van der Waals surface area contributed by atoms with Crippen molar-refractivity contribution in [1.82, 2.24) is 20.8 Å². The summed E-state index contributed by atoms with van der Waals surface area (Å²) in [5.41, 5.74) is 0.846. The van der Waals surface area contributed by atoms with Gasteiger partial charge in [-0.3, -0.25) is 4.99 Å². The van der Waals surface area contributed by atoms with Crippen molar-refractivity contribution < 1.29 is 4.52 Å². The first kappa shape index (κ1) is 21.7. The van der Waals surface area contributed by atoms with Crippen molar-refractivity contribution in [1.29, 1.82) is 0 Å². The van der Waals surface area contributed by atoms with E-state index >= 15 is 0 Å². The van der Waals surface area contributed by atoms with Gasteiger partial charge in [0.25, 0.3) is 0 Å². The van der Waals surface area contributed by atoms with Gasteiger partial charge >= 0.3 is 0 Å². The first-order valence-corrected chi connectivity index (χ1v) is 8.63. The fourth-order valence-corrected chi connectivity index (χ4v) is 2.38. The van der Waals surface area contributed by atoms with Gasteiger partial charge in [-0.05, 0) is 18.6 Å². The molecule has 1 aromatic carbocycles.